The molecule has 114 valence electrons. The molecule has 21 heavy (non-hydrogen) atoms. The zero-order valence-electron chi connectivity index (χ0n) is 11.7. The van der Waals surface area contributed by atoms with Gasteiger partial charge in [0.15, 0.2) is 0 Å². The first-order valence-electron chi connectivity index (χ1n) is 6.94. The monoisotopic (exact) mass is 310 g/mol. The minimum atomic E-state index is -0.929. The van der Waals surface area contributed by atoms with E-state index in [1.807, 2.05) is 13.2 Å². The number of hydrogen-bond acceptors (Lipinski definition) is 4. The maximum Gasteiger partial charge on any atom is 0.327 e. The third-order valence-electron chi connectivity index (χ3n) is 3.78. The lowest BCUT2D eigenvalue weighted by atomic mass is 10.2. The Kier molecular flexibility index (Phi) is 3.79. The van der Waals surface area contributed by atoms with Crippen LogP contribution in [-0.2, 0) is 18.4 Å². The second-order valence-electron chi connectivity index (χ2n) is 5.50. The third-order valence-corrected chi connectivity index (χ3v) is 5.24. The van der Waals surface area contributed by atoms with Crippen LogP contribution in [0.15, 0.2) is 12.4 Å². The van der Waals surface area contributed by atoms with Crippen molar-refractivity contribution in [2.75, 3.05) is 5.75 Å². The highest BCUT2D eigenvalue weighted by atomic mass is 32.2. The highest BCUT2D eigenvalue weighted by Gasteiger charge is 2.48. The van der Waals surface area contributed by atoms with Gasteiger partial charge < -0.3 is 10.4 Å². The Hall–Kier alpha value is -1.70. The summed E-state index contributed by atoms with van der Waals surface area (Å²) >= 11 is 1.58. The van der Waals surface area contributed by atoms with Gasteiger partial charge in [-0.1, -0.05) is 0 Å². The standard InChI is InChI=1S/C13H18N4O3S/c1-16-6-8(5-15-16)4-14-13(20)17-10(12(18)19)7-21-11(17)9-2-3-9/h5-6,9-11H,2-4,7H2,1H3,(H,14,20)(H,18,19). The number of urea groups is 1. The van der Waals surface area contributed by atoms with Gasteiger partial charge in [-0.15, -0.1) is 11.8 Å². The van der Waals surface area contributed by atoms with Crippen LogP contribution in [0.3, 0.4) is 0 Å². The lowest BCUT2D eigenvalue weighted by Crippen LogP contribution is -2.50. The fourth-order valence-corrected chi connectivity index (χ4v) is 4.18. The van der Waals surface area contributed by atoms with Gasteiger partial charge in [0.1, 0.15) is 6.04 Å². The van der Waals surface area contributed by atoms with E-state index in [0.29, 0.717) is 18.2 Å². The van der Waals surface area contributed by atoms with Gasteiger partial charge in [-0.25, -0.2) is 9.59 Å². The second-order valence-corrected chi connectivity index (χ2v) is 6.65. The van der Waals surface area contributed by atoms with Crippen molar-refractivity contribution in [2.24, 2.45) is 13.0 Å². The average molecular weight is 310 g/mol. The van der Waals surface area contributed by atoms with Gasteiger partial charge in [-0.2, -0.15) is 5.10 Å². The molecule has 2 atom stereocenters. The number of carbonyl (C=O) groups is 2. The van der Waals surface area contributed by atoms with E-state index in [-0.39, 0.29) is 11.4 Å². The van der Waals surface area contributed by atoms with E-state index in [2.05, 4.69) is 10.4 Å². The number of nitrogens with zero attached hydrogens (tertiary/aromatic N) is 3. The van der Waals surface area contributed by atoms with Crippen LogP contribution < -0.4 is 5.32 Å². The summed E-state index contributed by atoms with van der Waals surface area (Å²) in [6.45, 7) is 0.359. The van der Waals surface area contributed by atoms with Crippen molar-refractivity contribution in [1.82, 2.24) is 20.0 Å². The Morgan fingerprint density at radius 2 is 2.29 bits per heavy atom. The largest absolute Gasteiger partial charge is 0.480 e. The molecule has 0 aromatic carbocycles. The van der Waals surface area contributed by atoms with Crippen molar-refractivity contribution >= 4 is 23.8 Å². The summed E-state index contributed by atoms with van der Waals surface area (Å²) in [4.78, 5) is 25.2. The second kappa shape index (κ2) is 5.59. The Morgan fingerprint density at radius 1 is 1.52 bits per heavy atom. The minimum Gasteiger partial charge on any atom is -0.480 e. The quantitative estimate of drug-likeness (QED) is 0.861. The average Bonchev–Trinajstić information content (AvgIpc) is 3.04. The van der Waals surface area contributed by atoms with Gasteiger partial charge in [0.25, 0.3) is 0 Å². The predicted octanol–water partition coefficient (Wildman–Crippen LogP) is 0.868. The first-order valence-corrected chi connectivity index (χ1v) is 7.99. The molecular weight excluding hydrogens is 292 g/mol. The molecule has 3 rings (SSSR count). The van der Waals surface area contributed by atoms with Gasteiger partial charge in [0.05, 0.1) is 11.6 Å². The molecule has 2 unspecified atom stereocenters. The van der Waals surface area contributed by atoms with Crippen LogP contribution in [0.4, 0.5) is 4.79 Å². The molecule has 1 aromatic heterocycles. The topological polar surface area (TPSA) is 87.5 Å². The maximum absolute atomic E-state index is 12.4. The first kappa shape index (κ1) is 14.2. The summed E-state index contributed by atoms with van der Waals surface area (Å²) in [7, 11) is 1.81. The first-order chi connectivity index (χ1) is 10.1. The number of hydrogen-bond donors (Lipinski definition) is 2. The molecule has 1 aromatic rings. The van der Waals surface area contributed by atoms with Crippen LogP contribution in [0.25, 0.3) is 0 Å². The number of aromatic nitrogens is 2. The Labute approximate surface area is 126 Å². The zero-order chi connectivity index (χ0) is 15.0. The van der Waals surface area contributed by atoms with Gasteiger partial charge in [0, 0.05) is 31.1 Å². The van der Waals surface area contributed by atoms with E-state index in [9.17, 15) is 14.7 Å². The van der Waals surface area contributed by atoms with E-state index in [0.717, 1.165) is 18.4 Å². The highest BCUT2D eigenvalue weighted by molar-refractivity contribution is 8.00. The van der Waals surface area contributed by atoms with Crippen LogP contribution in [-0.4, -0.2) is 49.0 Å². The van der Waals surface area contributed by atoms with Crippen molar-refractivity contribution in [1.29, 1.82) is 0 Å². The molecule has 1 saturated heterocycles. The number of rotatable bonds is 4. The molecule has 2 N–H and O–H groups in total. The molecule has 0 spiro atoms. The number of nitrogens with one attached hydrogen (secondary N) is 1. The molecule has 2 heterocycles. The molecular formula is C13H18N4O3S. The lowest BCUT2D eigenvalue weighted by molar-refractivity contribution is -0.141. The molecule has 8 heteroatoms. The van der Waals surface area contributed by atoms with Crippen molar-refractivity contribution in [3.8, 4) is 0 Å². The van der Waals surface area contributed by atoms with Crippen molar-refractivity contribution in [3.63, 3.8) is 0 Å². The number of thioether (sulfide) groups is 1. The molecule has 1 saturated carbocycles. The summed E-state index contributed by atoms with van der Waals surface area (Å²) in [6.07, 6.45) is 5.67. The normalized spacial score (nSPS) is 25.1. The van der Waals surface area contributed by atoms with Crippen LogP contribution in [0.1, 0.15) is 18.4 Å². The number of amides is 2. The Balaban J connectivity index is 1.66. The fraction of sp³-hybridized carbons (Fsp3) is 0.615. The van der Waals surface area contributed by atoms with Crippen molar-refractivity contribution < 1.29 is 14.7 Å². The van der Waals surface area contributed by atoms with Crippen LogP contribution >= 0.6 is 11.8 Å². The molecule has 0 radical (unpaired) electrons. The number of carboxylic acid groups (broad SMARTS) is 1. The van der Waals surface area contributed by atoms with Crippen molar-refractivity contribution in [2.45, 2.75) is 30.8 Å². The molecule has 1 aliphatic carbocycles. The van der Waals surface area contributed by atoms with E-state index in [1.54, 1.807) is 22.6 Å². The highest BCUT2D eigenvalue weighted by Crippen LogP contribution is 2.45. The lowest BCUT2D eigenvalue weighted by Gasteiger charge is -2.27. The third kappa shape index (κ3) is 2.99. The predicted molar refractivity (Wildman–Crippen MR) is 77.7 cm³/mol. The van der Waals surface area contributed by atoms with E-state index in [4.69, 9.17) is 0 Å². The summed E-state index contributed by atoms with van der Waals surface area (Å²) in [5.41, 5.74) is 0.896. The summed E-state index contributed by atoms with van der Waals surface area (Å²) in [6, 6.07) is -1.03. The Morgan fingerprint density at radius 3 is 2.86 bits per heavy atom. The molecule has 7 nitrogen and oxygen atoms in total. The van der Waals surface area contributed by atoms with E-state index in [1.165, 1.54) is 4.90 Å². The van der Waals surface area contributed by atoms with Crippen molar-refractivity contribution in [3.05, 3.63) is 18.0 Å². The molecule has 2 amide bonds. The van der Waals surface area contributed by atoms with Gasteiger partial charge >= 0.3 is 12.0 Å². The molecule has 0 bridgehead atoms. The summed E-state index contributed by atoms with van der Waals surface area (Å²) < 4.78 is 1.67. The fourth-order valence-electron chi connectivity index (χ4n) is 2.55. The van der Waals surface area contributed by atoms with Gasteiger partial charge in [0.2, 0.25) is 0 Å². The molecule has 2 aliphatic rings. The van der Waals surface area contributed by atoms with Gasteiger partial charge in [-0.05, 0) is 18.8 Å². The minimum absolute atomic E-state index is 0.00000152. The number of aliphatic carboxylic acids is 1. The Bertz CT molecular complexity index is 557. The molecule has 2 fully saturated rings. The summed E-state index contributed by atoms with van der Waals surface area (Å²) in [5, 5.41) is 16.1. The zero-order valence-corrected chi connectivity index (χ0v) is 12.5. The summed E-state index contributed by atoms with van der Waals surface area (Å²) in [5.74, 6) is -0.0118. The van der Waals surface area contributed by atoms with Crippen LogP contribution in [0, 0.1) is 5.92 Å². The van der Waals surface area contributed by atoms with Crippen LogP contribution in [0.2, 0.25) is 0 Å². The number of carbonyl (C=O) groups excluding carboxylic acids is 1. The van der Waals surface area contributed by atoms with E-state index < -0.39 is 12.0 Å². The van der Waals surface area contributed by atoms with Crippen LogP contribution in [0.5, 0.6) is 0 Å². The number of carboxylic acids is 1. The number of aryl methyl sites for hydroxylation is 1. The van der Waals surface area contributed by atoms with Gasteiger partial charge in [-0.3, -0.25) is 9.58 Å². The maximum atomic E-state index is 12.4. The molecule has 1 aliphatic heterocycles. The SMILES string of the molecule is Cn1cc(CNC(=O)N2C(C(=O)O)CSC2C2CC2)cn1. The smallest absolute Gasteiger partial charge is 0.327 e. The van der Waals surface area contributed by atoms with E-state index >= 15 is 0 Å².